The van der Waals surface area contributed by atoms with Crippen LogP contribution in [0.15, 0.2) is 12.7 Å². The molecular formula is C7H11O5P. The van der Waals surface area contributed by atoms with E-state index in [1.165, 1.54) is 6.66 Å². The minimum Gasteiger partial charge on any atom is -0.390 e. The van der Waals surface area contributed by atoms with Gasteiger partial charge in [0.1, 0.15) is 0 Å². The third kappa shape index (κ3) is 7.43. The Bertz CT molecular complexity index is 235. The Kier molecular flexibility index (Phi) is 6.10. The van der Waals surface area contributed by atoms with Gasteiger partial charge >= 0.3 is 11.9 Å². The summed E-state index contributed by atoms with van der Waals surface area (Å²) in [5, 5.41) is 0. The van der Waals surface area contributed by atoms with Crippen molar-refractivity contribution in [1.29, 1.82) is 0 Å². The molecule has 0 aromatic heterocycles. The molecule has 0 heterocycles. The van der Waals surface area contributed by atoms with Gasteiger partial charge in [-0.25, -0.2) is 4.79 Å². The highest BCUT2D eigenvalue weighted by Gasteiger charge is 2.06. The lowest BCUT2D eigenvalue weighted by molar-refractivity contribution is -0.156. The number of hydrogen-bond donors (Lipinski definition) is 0. The Labute approximate surface area is 76.6 Å². The molecule has 0 amide bonds. The van der Waals surface area contributed by atoms with E-state index < -0.39 is 20.0 Å². The van der Waals surface area contributed by atoms with Gasteiger partial charge in [0.15, 0.2) is 8.03 Å². The monoisotopic (exact) mass is 206 g/mol. The number of hydrogen-bond acceptors (Lipinski definition) is 5. The number of ether oxygens (including phenoxy) is 1. The first-order valence-corrected chi connectivity index (χ1v) is 5.38. The second-order valence-corrected chi connectivity index (χ2v) is 3.36. The standard InChI is InChI=1S/C7H11O5P/c1-3-6(8)12-7(9)4-5-11-13(2)10/h3,13H,1,4-5H2,2H3. The number of carbonyl (C=O) groups excluding carboxylic acids is 2. The maximum Gasteiger partial charge on any atom is 0.337 e. The summed E-state index contributed by atoms with van der Waals surface area (Å²) in [5.74, 6) is -1.51. The normalized spacial score (nSPS) is 11.8. The Morgan fingerprint density at radius 2 is 2.15 bits per heavy atom. The van der Waals surface area contributed by atoms with Gasteiger partial charge in [0.05, 0.1) is 13.0 Å². The van der Waals surface area contributed by atoms with Gasteiger partial charge in [-0.15, -0.1) is 0 Å². The summed E-state index contributed by atoms with van der Waals surface area (Å²) in [6, 6.07) is 0. The SMILES string of the molecule is C=CC(=O)OC(=O)CCO[PH](C)=O. The Morgan fingerprint density at radius 3 is 2.62 bits per heavy atom. The van der Waals surface area contributed by atoms with Crippen LogP contribution in [0, 0.1) is 0 Å². The highest BCUT2D eigenvalue weighted by atomic mass is 31.1. The third-order valence-corrected chi connectivity index (χ3v) is 1.60. The van der Waals surface area contributed by atoms with Crippen molar-refractivity contribution in [2.45, 2.75) is 6.42 Å². The first kappa shape index (κ1) is 12.1. The van der Waals surface area contributed by atoms with E-state index in [0.717, 1.165) is 6.08 Å². The molecule has 1 unspecified atom stereocenters. The van der Waals surface area contributed by atoms with Crippen molar-refractivity contribution >= 4 is 20.0 Å². The van der Waals surface area contributed by atoms with Gasteiger partial charge in [0, 0.05) is 12.7 Å². The molecule has 0 aliphatic heterocycles. The van der Waals surface area contributed by atoms with Gasteiger partial charge in [-0.2, -0.15) is 0 Å². The summed E-state index contributed by atoms with van der Waals surface area (Å²) in [5.41, 5.74) is 0. The van der Waals surface area contributed by atoms with Crippen LogP contribution in [-0.2, 0) is 23.4 Å². The maximum atomic E-state index is 10.7. The number of carbonyl (C=O) groups is 2. The summed E-state index contributed by atoms with van der Waals surface area (Å²) >= 11 is 0. The predicted molar refractivity (Wildman–Crippen MR) is 46.8 cm³/mol. The molecule has 0 radical (unpaired) electrons. The van der Waals surface area contributed by atoms with E-state index in [9.17, 15) is 14.2 Å². The van der Waals surface area contributed by atoms with Crippen molar-refractivity contribution in [2.24, 2.45) is 0 Å². The van der Waals surface area contributed by atoms with Crippen molar-refractivity contribution in [2.75, 3.05) is 13.3 Å². The quantitative estimate of drug-likeness (QED) is 0.287. The van der Waals surface area contributed by atoms with Gasteiger partial charge < -0.3 is 9.26 Å². The van der Waals surface area contributed by atoms with E-state index in [2.05, 4.69) is 15.8 Å². The van der Waals surface area contributed by atoms with E-state index >= 15 is 0 Å². The van der Waals surface area contributed by atoms with Crippen LogP contribution in [-0.4, -0.2) is 25.2 Å². The summed E-state index contributed by atoms with van der Waals surface area (Å²) in [6.07, 6.45) is 0.797. The molecule has 0 aliphatic rings. The molecule has 0 saturated heterocycles. The average molecular weight is 206 g/mol. The van der Waals surface area contributed by atoms with Crippen LogP contribution in [0.5, 0.6) is 0 Å². The molecule has 0 aromatic rings. The van der Waals surface area contributed by atoms with E-state index in [4.69, 9.17) is 0 Å². The van der Waals surface area contributed by atoms with Gasteiger partial charge in [-0.1, -0.05) is 6.58 Å². The molecule has 0 saturated carbocycles. The molecule has 0 spiro atoms. The first-order chi connectivity index (χ1) is 6.06. The largest absolute Gasteiger partial charge is 0.390 e. The second kappa shape index (κ2) is 6.57. The van der Waals surface area contributed by atoms with E-state index in [0.29, 0.717) is 0 Å². The van der Waals surface area contributed by atoms with Crippen LogP contribution in [0.25, 0.3) is 0 Å². The fraction of sp³-hybridized carbons (Fsp3) is 0.429. The Morgan fingerprint density at radius 1 is 1.54 bits per heavy atom. The Hall–Kier alpha value is -0.930. The minimum atomic E-state index is -2.03. The molecule has 0 N–H and O–H groups in total. The lowest BCUT2D eigenvalue weighted by Gasteiger charge is -1.99. The van der Waals surface area contributed by atoms with Crippen LogP contribution in [0.4, 0.5) is 0 Å². The molecule has 0 aromatic carbocycles. The van der Waals surface area contributed by atoms with Crippen molar-refractivity contribution in [3.8, 4) is 0 Å². The molecule has 0 rings (SSSR count). The highest BCUT2D eigenvalue weighted by Crippen LogP contribution is 2.14. The van der Waals surface area contributed by atoms with Crippen molar-refractivity contribution in [1.82, 2.24) is 0 Å². The smallest absolute Gasteiger partial charge is 0.337 e. The lowest BCUT2D eigenvalue weighted by atomic mass is 10.5. The molecule has 5 nitrogen and oxygen atoms in total. The zero-order valence-electron chi connectivity index (χ0n) is 7.24. The zero-order valence-corrected chi connectivity index (χ0v) is 8.24. The fourth-order valence-electron chi connectivity index (χ4n) is 0.483. The first-order valence-electron chi connectivity index (χ1n) is 3.56. The topological polar surface area (TPSA) is 69.7 Å². The minimum absolute atomic E-state index is 0.00243. The van der Waals surface area contributed by atoms with Crippen LogP contribution in [0.2, 0.25) is 0 Å². The summed E-state index contributed by atoms with van der Waals surface area (Å²) in [6.45, 7) is 4.52. The van der Waals surface area contributed by atoms with Crippen LogP contribution >= 0.6 is 8.03 Å². The Balaban J connectivity index is 3.57. The summed E-state index contributed by atoms with van der Waals surface area (Å²) in [4.78, 5) is 21.2. The van der Waals surface area contributed by atoms with E-state index in [1.54, 1.807) is 0 Å². The second-order valence-electron chi connectivity index (χ2n) is 2.09. The fourth-order valence-corrected chi connectivity index (χ4v) is 0.873. The van der Waals surface area contributed by atoms with Crippen molar-refractivity contribution < 1.29 is 23.4 Å². The molecule has 6 heteroatoms. The summed E-state index contributed by atoms with van der Waals surface area (Å²) < 4.78 is 19.3. The molecular weight excluding hydrogens is 195 g/mol. The molecule has 13 heavy (non-hydrogen) atoms. The van der Waals surface area contributed by atoms with Gasteiger partial charge in [-0.05, 0) is 0 Å². The third-order valence-electron chi connectivity index (χ3n) is 0.993. The summed E-state index contributed by atoms with van der Waals surface area (Å²) in [7, 11) is -2.03. The highest BCUT2D eigenvalue weighted by molar-refractivity contribution is 7.38. The van der Waals surface area contributed by atoms with E-state index in [1.807, 2.05) is 0 Å². The zero-order chi connectivity index (χ0) is 10.3. The van der Waals surface area contributed by atoms with Gasteiger partial charge in [0.25, 0.3) is 0 Å². The van der Waals surface area contributed by atoms with Gasteiger partial charge in [-0.3, -0.25) is 9.36 Å². The maximum absolute atomic E-state index is 10.7. The van der Waals surface area contributed by atoms with Crippen molar-refractivity contribution in [3.05, 3.63) is 12.7 Å². The van der Waals surface area contributed by atoms with Crippen LogP contribution in [0.1, 0.15) is 6.42 Å². The van der Waals surface area contributed by atoms with Crippen LogP contribution in [0.3, 0.4) is 0 Å². The van der Waals surface area contributed by atoms with Crippen molar-refractivity contribution in [3.63, 3.8) is 0 Å². The lowest BCUT2D eigenvalue weighted by Crippen LogP contribution is -2.11. The number of esters is 2. The molecule has 74 valence electrons. The molecule has 1 atom stereocenters. The van der Waals surface area contributed by atoms with Crippen LogP contribution < -0.4 is 0 Å². The van der Waals surface area contributed by atoms with E-state index in [-0.39, 0.29) is 13.0 Å². The molecule has 0 aliphatic carbocycles. The average Bonchev–Trinajstić information content (AvgIpc) is 2.03. The molecule has 0 bridgehead atoms. The predicted octanol–water partition coefficient (Wildman–Crippen LogP) is 0.753. The molecule has 0 fully saturated rings. The number of rotatable bonds is 5. The van der Waals surface area contributed by atoms with Gasteiger partial charge in [0.2, 0.25) is 0 Å².